The lowest BCUT2D eigenvalue weighted by Crippen LogP contribution is -2.52. The molecule has 2 aliphatic rings. The van der Waals surface area contributed by atoms with Crippen LogP contribution in [0.15, 0.2) is 30.6 Å². The van der Waals surface area contributed by atoms with Crippen molar-refractivity contribution in [2.75, 3.05) is 5.73 Å². The van der Waals surface area contributed by atoms with E-state index in [-0.39, 0.29) is 42.8 Å². The molecule has 4 N–H and O–H groups in total. The number of aryl methyl sites for hydroxylation is 1. The van der Waals surface area contributed by atoms with E-state index >= 15 is 0 Å². The predicted octanol–water partition coefficient (Wildman–Crippen LogP) is -0.361. The minimum atomic E-state index is -0.689. The van der Waals surface area contributed by atoms with Crippen molar-refractivity contribution in [1.82, 2.24) is 40.5 Å². The molecule has 1 aromatic carbocycles. The number of aromatic nitrogens is 5. The number of carbonyl (C=O) groups is 4. The van der Waals surface area contributed by atoms with Crippen LogP contribution < -0.4 is 16.4 Å². The van der Waals surface area contributed by atoms with Gasteiger partial charge < -0.3 is 16.0 Å². The van der Waals surface area contributed by atoms with Gasteiger partial charge in [-0.25, -0.2) is 14.6 Å². The van der Waals surface area contributed by atoms with Crippen LogP contribution in [0.4, 0.5) is 5.82 Å². The second-order valence-electron chi connectivity index (χ2n) is 8.30. The van der Waals surface area contributed by atoms with Gasteiger partial charge in [0.1, 0.15) is 17.7 Å². The maximum absolute atomic E-state index is 13.0. The molecule has 3 aromatic rings. The van der Waals surface area contributed by atoms with Crippen molar-refractivity contribution in [3.05, 3.63) is 58.8 Å². The maximum atomic E-state index is 13.0. The van der Waals surface area contributed by atoms with Crippen molar-refractivity contribution in [3.63, 3.8) is 0 Å². The predicted molar refractivity (Wildman–Crippen MR) is 120 cm³/mol. The third-order valence-corrected chi connectivity index (χ3v) is 5.96. The number of piperidine rings is 1. The zero-order chi connectivity index (χ0) is 24.7. The first-order valence-corrected chi connectivity index (χ1v) is 10.9. The smallest absolute Gasteiger partial charge is 0.273 e. The molecule has 2 aromatic heterocycles. The van der Waals surface area contributed by atoms with E-state index in [1.807, 2.05) is 0 Å². The summed E-state index contributed by atoms with van der Waals surface area (Å²) in [6.07, 6.45) is 3.48. The number of carbonyl (C=O) groups excluding carboxylic acids is 4. The second-order valence-corrected chi connectivity index (χ2v) is 8.30. The molecule has 0 spiro atoms. The van der Waals surface area contributed by atoms with Crippen LogP contribution in [0.5, 0.6) is 0 Å². The van der Waals surface area contributed by atoms with Crippen LogP contribution in [0.2, 0.25) is 0 Å². The van der Waals surface area contributed by atoms with E-state index in [0.29, 0.717) is 29.1 Å². The van der Waals surface area contributed by atoms with Crippen LogP contribution >= 0.6 is 0 Å². The quantitative estimate of drug-likeness (QED) is 0.416. The van der Waals surface area contributed by atoms with Crippen LogP contribution in [0.3, 0.4) is 0 Å². The first-order valence-electron chi connectivity index (χ1n) is 10.9. The van der Waals surface area contributed by atoms with Crippen LogP contribution in [0.25, 0.3) is 5.69 Å². The van der Waals surface area contributed by atoms with Crippen molar-refractivity contribution in [1.29, 1.82) is 0 Å². The average molecular weight is 475 g/mol. The van der Waals surface area contributed by atoms with E-state index in [1.54, 1.807) is 31.3 Å². The average Bonchev–Trinajstić information content (AvgIpc) is 3.44. The molecule has 0 saturated carbocycles. The topological polar surface area (TPSA) is 178 Å². The zero-order valence-electron chi connectivity index (χ0n) is 18.7. The number of anilines is 1. The van der Waals surface area contributed by atoms with Gasteiger partial charge in [0.25, 0.3) is 11.8 Å². The Morgan fingerprint density at radius 3 is 2.89 bits per heavy atom. The Hall–Kier alpha value is -4.68. The fourth-order valence-electron chi connectivity index (χ4n) is 4.09. The molecule has 178 valence electrons. The molecule has 1 saturated heterocycles. The number of hydrogen-bond donors (Lipinski definition) is 3. The monoisotopic (exact) mass is 475 g/mol. The number of nitrogens with one attached hydrogen (secondary N) is 2. The van der Waals surface area contributed by atoms with Gasteiger partial charge in [-0.2, -0.15) is 0 Å². The number of benzene rings is 1. The van der Waals surface area contributed by atoms with Gasteiger partial charge in [-0.1, -0.05) is 11.3 Å². The Kier molecular flexibility index (Phi) is 5.43. The molecule has 13 nitrogen and oxygen atoms in total. The Balaban J connectivity index is 1.29. The van der Waals surface area contributed by atoms with Crippen molar-refractivity contribution in [3.8, 4) is 5.69 Å². The van der Waals surface area contributed by atoms with Gasteiger partial charge in [-0.05, 0) is 31.0 Å². The summed E-state index contributed by atoms with van der Waals surface area (Å²) in [6.45, 7) is 2.12. The normalized spacial score (nSPS) is 17.3. The lowest BCUT2D eigenvalue weighted by atomic mass is 10.0. The molecule has 4 amide bonds. The minimum Gasteiger partial charge on any atom is -0.383 e. The Morgan fingerprint density at radius 2 is 2.11 bits per heavy atom. The number of hydrogen-bond acceptors (Lipinski definition) is 9. The highest BCUT2D eigenvalue weighted by Gasteiger charge is 2.39. The number of nitrogens with zero attached hydrogens (tertiary/aromatic N) is 6. The van der Waals surface area contributed by atoms with E-state index in [4.69, 9.17) is 5.73 Å². The Labute approximate surface area is 198 Å². The molecule has 0 bridgehead atoms. The summed E-state index contributed by atoms with van der Waals surface area (Å²) in [7, 11) is 0. The SMILES string of the molecule is Cc1ncc(CNC(=O)c2cn(-c3ccc4c(c3)C(=O)N(C3CCC(=O)NC3=O)C4)nn2)c(N)n1. The molecular formula is C22H21N9O4. The number of fused-ring (bicyclic) bond motifs is 1. The molecular weight excluding hydrogens is 454 g/mol. The highest BCUT2D eigenvalue weighted by Crippen LogP contribution is 2.29. The summed E-state index contributed by atoms with van der Waals surface area (Å²) < 4.78 is 1.39. The minimum absolute atomic E-state index is 0.0774. The van der Waals surface area contributed by atoms with E-state index in [9.17, 15) is 19.2 Å². The van der Waals surface area contributed by atoms with Gasteiger partial charge >= 0.3 is 0 Å². The van der Waals surface area contributed by atoms with E-state index in [1.165, 1.54) is 15.8 Å². The summed E-state index contributed by atoms with van der Waals surface area (Å²) >= 11 is 0. The highest BCUT2D eigenvalue weighted by atomic mass is 16.2. The summed E-state index contributed by atoms with van der Waals surface area (Å²) in [4.78, 5) is 58.8. The van der Waals surface area contributed by atoms with Gasteiger partial charge in [0.2, 0.25) is 11.8 Å². The highest BCUT2D eigenvalue weighted by molar-refractivity contribution is 6.05. The first-order chi connectivity index (χ1) is 16.8. The summed E-state index contributed by atoms with van der Waals surface area (Å²) in [5.74, 6) is -0.734. The summed E-state index contributed by atoms with van der Waals surface area (Å²) in [5.41, 5.74) is 8.24. The zero-order valence-corrected chi connectivity index (χ0v) is 18.7. The molecule has 4 heterocycles. The van der Waals surface area contributed by atoms with Gasteiger partial charge in [-0.3, -0.25) is 24.5 Å². The summed E-state index contributed by atoms with van der Waals surface area (Å²) in [5, 5.41) is 12.9. The molecule has 1 fully saturated rings. The lowest BCUT2D eigenvalue weighted by molar-refractivity contribution is -0.136. The van der Waals surface area contributed by atoms with Crippen molar-refractivity contribution >= 4 is 29.4 Å². The van der Waals surface area contributed by atoms with Gasteiger partial charge in [0.15, 0.2) is 5.69 Å². The number of rotatable bonds is 5. The third kappa shape index (κ3) is 4.18. The molecule has 13 heteroatoms. The van der Waals surface area contributed by atoms with Crippen LogP contribution in [0, 0.1) is 6.92 Å². The number of amides is 4. The largest absolute Gasteiger partial charge is 0.383 e. The van der Waals surface area contributed by atoms with Crippen molar-refractivity contribution in [2.24, 2.45) is 0 Å². The molecule has 0 radical (unpaired) electrons. The number of nitrogens with two attached hydrogens (primary N) is 1. The molecule has 35 heavy (non-hydrogen) atoms. The fraction of sp³-hybridized carbons (Fsp3) is 0.273. The van der Waals surface area contributed by atoms with Crippen LogP contribution in [-0.4, -0.2) is 59.5 Å². The van der Waals surface area contributed by atoms with Crippen LogP contribution in [0.1, 0.15) is 50.6 Å². The number of nitrogen functional groups attached to an aromatic ring is 1. The first kappa shape index (κ1) is 22.1. The van der Waals surface area contributed by atoms with E-state index in [0.717, 1.165) is 5.56 Å². The molecule has 5 rings (SSSR count). The van der Waals surface area contributed by atoms with E-state index < -0.39 is 17.9 Å². The van der Waals surface area contributed by atoms with Gasteiger partial charge in [-0.15, -0.1) is 5.10 Å². The van der Waals surface area contributed by atoms with Crippen LogP contribution in [-0.2, 0) is 22.7 Å². The number of imide groups is 1. The lowest BCUT2D eigenvalue weighted by Gasteiger charge is -2.29. The van der Waals surface area contributed by atoms with Gasteiger partial charge in [0.05, 0.1) is 11.9 Å². The fourth-order valence-corrected chi connectivity index (χ4v) is 4.09. The molecule has 1 atom stereocenters. The standard InChI is InChI=1S/C22H21N9O4/c1-11-24-7-13(19(23)26-11)8-25-20(33)16-10-31(29-28-16)14-3-2-12-9-30(22(35)15(12)6-14)17-4-5-18(32)27-21(17)34/h2-3,6-7,10,17H,4-5,8-9H2,1H3,(H,25,33)(H2,23,24,26)(H,27,32,34). The Bertz CT molecular complexity index is 1380. The van der Waals surface area contributed by atoms with Crippen molar-refractivity contribution in [2.45, 2.75) is 38.9 Å². The van der Waals surface area contributed by atoms with Crippen molar-refractivity contribution < 1.29 is 19.2 Å². The third-order valence-electron chi connectivity index (χ3n) is 5.96. The second kappa shape index (κ2) is 8.59. The van der Waals surface area contributed by atoms with E-state index in [2.05, 4.69) is 30.9 Å². The summed E-state index contributed by atoms with van der Waals surface area (Å²) in [6, 6.07) is 4.48. The molecule has 2 aliphatic heterocycles. The maximum Gasteiger partial charge on any atom is 0.273 e. The Morgan fingerprint density at radius 1 is 1.29 bits per heavy atom. The van der Waals surface area contributed by atoms with Gasteiger partial charge in [0, 0.05) is 36.8 Å². The molecule has 1 unspecified atom stereocenters. The molecule has 0 aliphatic carbocycles.